The molecule has 1 aromatic carbocycles. The van der Waals surface area contributed by atoms with Crippen LogP contribution in [0.5, 0.6) is 5.75 Å². The van der Waals surface area contributed by atoms with E-state index in [4.69, 9.17) is 27.9 Å². The van der Waals surface area contributed by atoms with Gasteiger partial charge in [-0.25, -0.2) is 0 Å². The molecule has 19 heavy (non-hydrogen) atoms. The van der Waals surface area contributed by atoms with Crippen LogP contribution in [-0.2, 0) is 4.79 Å². The highest BCUT2D eigenvalue weighted by molar-refractivity contribution is 6.42. The average molecular weight is 297 g/mol. The van der Waals surface area contributed by atoms with Gasteiger partial charge in [-0.05, 0) is 24.3 Å². The summed E-state index contributed by atoms with van der Waals surface area (Å²) in [6.07, 6.45) is 3.18. The molecule has 98 valence electrons. The Morgan fingerprint density at radius 1 is 1.26 bits per heavy atom. The fraction of sp³-hybridized carbons (Fsp3) is 0.0769. The van der Waals surface area contributed by atoms with Crippen LogP contribution >= 0.6 is 23.2 Å². The Morgan fingerprint density at radius 2 is 2.11 bits per heavy atom. The van der Waals surface area contributed by atoms with E-state index in [0.29, 0.717) is 21.5 Å². The molecule has 0 aliphatic rings. The molecule has 0 fully saturated rings. The highest BCUT2D eigenvalue weighted by atomic mass is 35.5. The van der Waals surface area contributed by atoms with E-state index in [0.717, 1.165) is 0 Å². The zero-order valence-corrected chi connectivity index (χ0v) is 11.3. The first-order valence-electron chi connectivity index (χ1n) is 5.43. The Labute approximate surface area is 120 Å². The summed E-state index contributed by atoms with van der Waals surface area (Å²) < 4.78 is 5.30. The van der Waals surface area contributed by atoms with Crippen molar-refractivity contribution in [1.29, 1.82) is 0 Å². The van der Waals surface area contributed by atoms with E-state index in [9.17, 15) is 4.79 Å². The van der Waals surface area contributed by atoms with Crippen LogP contribution in [0, 0.1) is 0 Å². The maximum atomic E-state index is 11.6. The zero-order valence-electron chi connectivity index (χ0n) is 9.77. The van der Waals surface area contributed by atoms with Gasteiger partial charge in [-0.3, -0.25) is 9.78 Å². The van der Waals surface area contributed by atoms with Gasteiger partial charge in [0.2, 0.25) is 0 Å². The van der Waals surface area contributed by atoms with E-state index in [1.807, 2.05) is 0 Å². The van der Waals surface area contributed by atoms with Crippen LogP contribution < -0.4 is 10.1 Å². The number of nitrogens with zero attached hydrogens (tertiary/aromatic N) is 1. The number of nitrogens with one attached hydrogen (secondary N) is 1. The molecule has 0 aliphatic heterocycles. The van der Waals surface area contributed by atoms with E-state index in [1.54, 1.807) is 42.7 Å². The van der Waals surface area contributed by atoms with E-state index in [2.05, 4.69) is 10.3 Å². The number of carbonyl (C=O) groups excluding carboxylic acids is 1. The second-order valence-corrected chi connectivity index (χ2v) is 4.47. The van der Waals surface area contributed by atoms with Gasteiger partial charge in [-0.2, -0.15) is 0 Å². The minimum absolute atomic E-state index is 0.118. The van der Waals surface area contributed by atoms with Gasteiger partial charge in [0.05, 0.1) is 21.9 Å². The molecular formula is C13H10Cl2N2O2. The third-order valence-corrected chi connectivity index (χ3v) is 2.95. The number of carbonyl (C=O) groups is 1. The summed E-state index contributed by atoms with van der Waals surface area (Å²) in [5.41, 5.74) is 0.616. The third-order valence-electron chi connectivity index (χ3n) is 2.21. The lowest BCUT2D eigenvalue weighted by molar-refractivity contribution is -0.118. The van der Waals surface area contributed by atoms with Crippen molar-refractivity contribution in [2.45, 2.75) is 0 Å². The quantitative estimate of drug-likeness (QED) is 0.941. The molecule has 0 bridgehead atoms. The highest BCUT2D eigenvalue weighted by Gasteiger charge is 2.05. The lowest BCUT2D eigenvalue weighted by atomic mass is 10.3. The minimum Gasteiger partial charge on any atom is -0.484 e. The summed E-state index contributed by atoms with van der Waals surface area (Å²) in [5, 5.41) is 3.47. The summed E-state index contributed by atoms with van der Waals surface area (Å²) in [6.45, 7) is -0.118. The molecule has 0 unspecified atom stereocenters. The summed E-state index contributed by atoms with van der Waals surface area (Å²) >= 11 is 11.6. The van der Waals surface area contributed by atoms with Crippen LogP contribution in [0.15, 0.2) is 42.7 Å². The fourth-order valence-electron chi connectivity index (χ4n) is 1.35. The van der Waals surface area contributed by atoms with Crippen LogP contribution in [0.1, 0.15) is 0 Å². The molecule has 0 spiro atoms. The molecule has 0 saturated carbocycles. The predicted octanol–water partition coefficient (Wildman–Crippen LogP) is 3.41. The first-order valence-corrected chi connectivity index (χ1v) is 6.18. The monoisotopic (exact) mass is 296 g/mol. The van der Waals surface area contributed by atoms with Crippen LogP contribution in [-0.4, -0.2) is 17.5 Å². The number of anilines is 1. The second-order valence-electron chi connectivity index (χ2n) is 3.65. The molecule has 1 N–H and O–H groups in total. The lowest BCUT2D eigenvalue weighted by Crippen LogP contribution is -2.20. The number of hydrogen-bond acceptors (Lipinski definition) is 3. The highest BCUT2D eigenvalue weighted by Crippen LogP contribution is 2.26. The first-order chi connectivity index (χ1) is 9.15. The van der Waals surface area contributed by atoms with Gasteiger partial charge < -0.3 is 10.1 Å². The Balaban J connectivity index is 1.88. The Kier molecular flexibility index (Phi) is 4.60. The molecule has 0 saturated heterocycles. The molecule has 0 aliphatic carbocycles. The number of rotatable bonds is 4. The van der Waals surface area contributed by atoms with Crippen molar-refractivity contribution in [3.05, 3.63) is 52.8 Å². The molecule has 6 heteroatoms. The second kappa shape index (κ2) is 6.41. The van der Waals surface area contributed by atoms with Gasteiger partial charge in [0.25, 0.3) is 5.91 Å². The van der Waals surface area contributed by atoms with Gasteiger partial charge in [-0.1, -0.05) is 23.2 Å². The molecule has 0 atom stereocenters. The van der Waals surface area contributed by atoms with Crippen LogP contribution in [0.2, 0.25) is 10.0 Å². The van der Waals surface area contributed by atoms with E-state index >= 15 is 0 Å². The van der Waals surface area contributed by atoms with Crippen molar-refractivity contribution >= 4 is 34.8 Å². The molecule has 1 heterocycles. The maximum Gasteiger partial charge on any atom is 0.262 e. The summed E-state index contributed by atoms with van der Waals surface area (Å²) in [6, 6.07) is 8.28. The maximum absolute atomic E-state index is 11.6. The molecule has 1 amide bonds. The van der Waals surface area contributed by atoms with Crippen LogP contribution in [0.4, 0.5) is 5.69 Å². The summed E-state index contributed by atoms with van der Waals surface area (Å²) in [7, 11) is 0. The first kappa shape index (κ1) is 13.6. The van der Waals surface area contributed by atoms with Gasteiger partial charge in [0.1, 0.15) is 5.75 Å². The Bertz CT molecular complexity index is 576. The molecule has 2 rings (SSSR count). The number of aromatic nitrogens is 1. The molecule has 1 aromatic heterocycles. The number of amides is 1. The average Bonchev–Trinajstić information content (AvgIpc) is 2.41. The van der Waals surface area contributed by atoms with Crippen molar-refractivity contribution < 1.29 is 9.53 Å². The van der Waals surface area contributed by atoms with Crippen molar-refractivity contribution in [1.82, 2.24) is 4.98 Å². The molecule has 2 aromatic rings. The predicted molar refractivity (Wildman–Crippen MR) is 74.8 cm³/mol. The Hall–Kier alpha value is -1.78. The van der Waals surface area contributed by atoms with Crippen molar-refractivity contribution in [2.75, 3.05) is 11.9 Å². The van der Waals surface area contributed by atoms with Gasteiger partial charge >= 0.3 is 0 Å². The smallest absolute Gasteiger partial charge is 0.262 e. The number of ether oxygens (including phenoxy) is 1. The molecule has 4 nitrogen and oxygen atoms in total. The SMILES string of the molecule is O=C(COc1ccc(Cl)c(Cl)c1)Nc1cccnc1. The summed E-state index contributed by atoms with van der Waals surface area (Å²) in [5.74, 6) is 0.204. The largest absolute Gasteiger partial charge is 0.484 e. The van der Waals surface area contributed by atoms with Crippen molar-refractivity contribution in [3.63, 3.8) is 0 Å². The number of pyridine rings is 1. The van der Waals surface area contributed by atoms with Crippen molar-refractivity contribution in [2.24, 2.45) is 0 Å². The van der Waals surface area contributed by atoms with Crippen molar-refractivity contribution in [3.8, 4) is 5.75 Å². The van der Waals surface area contributed by atoms with E-state index in [-0.39, 0.29) is 12.5 Å². The fourth-order valence-corrected chi connectivity index (χ4v) is 1.64. The van der Waals surface area contributed by atoms with E-state index < -0.39 is 0 Å². The number of halogens is 2. The van der Waals surface area contributed by atoms with Crippen LogP contribution in [0.3, 0.4) is 0 Å². The minimum atomic E-state index is -0.279. The molecule has 0 radical (unpaired) electrons. The topological polar surface area (TPSA) is 51.2 Å². The number of hydrogen-bond donors (Lipinski definition) is 1. The standard InChI is InChI=1S/C13H10Cl2N2O2/c14-11-4-3-10(6-12(11)15)19-8-13(18)17-9-2-1-5-16-7-9/h1-7H,8H2,(H,17,18). The zero-order chi connectivity index (χ0) is 13.7. The Morgan fingerprint density at radius 3 is 2.79 bits per heavy atom. The number of benzene rings is 1. The van der Waals surface area contributed by atoms with Crippen LogP contribution in [0.25, 0.3) is 0 Å². The summed E-state index contributed by atoms with van der Waals surface area (Å²) in [4.78, 5) is 15.5. The van der Waals surface area contributed by atoms with Gasteiger partial charge in [-0.15, -0.1) is 0 Å². The lowest BCUT2D eigenvalue weighted by Gasteiger charge is -2.07. The van der Waals surface area contributed by atoms with E-state index in [1.165, 1.54) is 0 Å². The normalized spacial score (nSPS) is 10.0. The third kappa shape index (κ3) is 4.12. The molecular weight excluding hydrogens is 287 g/mol. The van der Waals surface area contributed by atoms with Gasteiger partial charge in [0.15, 0.2) is 6.61 Å². The van der Waals surface area contributed by atoms with Gasteiger partial charge in [0, 0.05) is 12.3 Å².